The topological polar surface area (TPSA) is 35.5 Å². The largest absolute Gasteiger partial charge is 0.396 e. The molecule has 3 rings (SSSR count). The summed E-state index contributed by atoms with van der Waals surface area (Å²) >= 11 is 0. The minimum absolute atomic E-state index is 0.353. The lowest BCUT2D eigenvalue weighted by atomic mass is 9.78. The van der Waals surface area contributed by atoms with Crippen molar-refractivity contribution in [3.05, 3.63) is 0 Å². The van der Waals surface area contributed by atoms with E-state index in [0.717, 1.165) is 24.3 Å². The molecular weight excluding hydrogens is 272 g/mol. The van der Waals surface area contributed by atoms with E-state index in [-0.39, 0.29) is 0 Å². The lowest BCUT2D eigenvalue weighted by Gasteiger charge is -2.46. The van der Waals surface area contributed by atoms with E-state index in [9.17, 15) is 5.11 Å². The maximum atomic E-state index is 9.36. The van der Waals surface area contributed by atoms with Gasteiger partial charge in [-0.05, 0) is 69.7 Å². The molecular formula is C19H36N2O. The third kappa shape index (κ3) is 4.24. The number of rotatable bonds is 7. The zero-order valence-corrected chi connectivity index (χ0v) is 14.5. The predicted molar refractivity (Wildman–Crippen MR) is 91.9 cm³/mol. The van der Waals surface area contributed by atoms with Crippen molar-refractivity contribution in [2.45, 2.75) is 76.8 Å². The summed E-state index contributed by atoms with van der Waals surface area (Å²) in [6.07, 6.45) is 12.3. The molecule has 1 heterocycles. The lowest BCUT2D eigenvalue weighted by molar-refractivity contribution is 0.0442. The molecule has 0 spiro atoms. The quantitative estimate of drug-likeness (QED) is 0.759. The Kier molecular flexibility index (Phi) is 6.17. The minimum atomic E-state index is 0.353. The van der Waals surface area contributed by atoms with Crippen molar-refractivity contribution in [1.29, 1.82) is 0 Å². The van der Waals surface area contributed by atoms with Crippen molar-refractivity contribution in [2.75, 3.05) is 26.2 Å². The first-order valence-corrected chi connectivity index (χ1v) is 9.84. The van der Waals surface area contributed by atoms with Crippen LogP contribution in [0.4, 0.5) is 0 Å². The SMILES string of the molecule is CC(C1CCC1)N1CC(CCO)CC(NCC2CCCC2)C1. The fourth-order valence-electron chi connectivity index (χ4n) is 4.88. The number of nitrogens with zero attached hydrogens (tertiary/aromatic N) is 1. The van der Waals surface area contributed by atoms with Gasteiger partial charge >= 0.3 is 0 Å². The Morgan fingerprint density at radius 2 is 1.82 bits per heavy atom. The molecule has 0 aromatic carbocycles. The zero-order chi connectivity index (χ0) is 15.4. The molecule has 0 amide bonds. The molecule has 3 atom stereocenters. The van der Waals surface area contributed by atoms with Crippen LogP contribution in [0.2, 0.25) is 0 Å². The van der Waals surface area contributed by atoms with Crippen LogP contribution in [-0.2, 0) is 0 Å². The Balaban J connectivity index is 1.51. The molecule has 0 bridgehead atoms. The van der Waals surface area contributed by atoms with Gasteiger partial charge in [0, 0.05) is 31.8 Å². The first kappa shape index (κ1) is 16.7. The monoisotopic (exact) mass is 308 g/mol. The highest BCUT2D eigenvalue weighted by Gasteiger charge is 2.34. The maximum absolute atomic E-state index is 9.36. The van der Waals surface area contributed by atoms with E-state index in [1.807, 2.05) is 0 Å². The van der Waals surface area contributed by atoms with Gasteiger partial charge in [0.15, 0.2) is 0 Å². The summed E-state index contributed by atoms with van der Waals surface area (Å²) in [5, 5.41) is 13.2. The molecule has 128 valence electrons. The highest BCUT2D eigenvalue weighted by molar-refractivity contribution is 4.90. The Morgan fingerprint density at radius 3 is 2.45 bits per heavy atom. The van der Waals surface area contributed by atoms with Gasteiger partial charge in [0.05, 0.1) is 0 Å². The summed E-state index contributed by atoms with van der Waals surface area (Å²) in [6.45, 7) is 6.46. The second kappa shape index (κ2) is 8.12. The third-order valence-corrected chi connectivity index (χ3v) is 6.68. The van der Waals surface area contributed by atoms with Crippen LogP contribution in [0.5, 0.6) is 0 Å². The average molecular weight is 309 g/mol. The molecule has 1 aliphatic heterocycles. The van der Waals surface area contributed by atoms with Crippen LogP contribution in [0.15, 0.2) is 0 Å². The van der Waals surface area contributed by atoms with Gasteiger partial charge in [-0.3, -0.25) is 4.90 Å². The summed E-state index contributed by atoms with van der Waals surface area (Å²) in [6, 6.07) is 1.39. The number of nitrogens with one attached hydrogen (secondary N) is 1. The molecule has 3 unspecified atom stereocenters. The van der Waals surface area contributed by atoms with E-state index in [1.165, 1.54) is 71.0 Å². The average Bonchev–Trinajstić information content (AvgIpc) is 2.97. The Hall–Kier alpha value is -0.120. The molecule has 2 N–H and O–H groups in total. The van der Waals surface area contributed by atoms with E-state index in [1.54, 1.807) is 0 Å². The smallest absolute Gasteiger partial charge is 0.0434 e. The molecule has 2 aliphatic carbocycles. The van der Waals surface area contributed by atoms with Crippen LogP contribution >= 0.6 is 0 Å². The Morgan fingerprint density at radius 1 is 1.05 bits per heavy atom. The predicted octanol–water partition coefficient (Wildman–Crippen LogP) is 3.03. The van der Waals surface area contributed by atoms with Gasteiger partial charge in [-0.15, -0.1) is 0 Å². The van der Waals surface area contributed by atoms with Crippen molar-refractivity contribution in [3.8, 4) is 0 Å². The van der Waals surface area contributed by atoms with Crippen molar-refractivity contribution in [3.63, 3.8) is 0 Å². The maximum Gasteiger partial charge on any atom is 0.0434 e. The second-order valence-electron chi connectivity index (χ2n) is 8.26. The second-order valence-corrected chi connectivity index (χ2v) is 8.26. The summed E-state index contributed by atoms with van der Waals surface area (Å²) in [5.74, 6) is 2.54. The number of aliphatic hydroxyl groups is 1. The van der Waals surface area contributed by atoms with E-state index >= 15 is 0 Å². The van der Waals surface area contributed by atoms with E-state index in [4.69, 9.17) is 0 Å². The molecule has 0 aromatic heterocycles. The Bertz CT molecular complexity index is 325. The van der Waals surface area contributed by atoms with E-state index < -0.39 is 0 Å². The summed E-state index contributed by atoms with van der Waals surface area (Å²) in [5.41, 5.74) is 0. The van der Waals surface area contributed by atoms with Gasteiger partial charge in [-0.1, -0.05) is 19.3 Å². The summed E-state index contributed by atoms with van der Waals surface area (Å²) in [4.78, 5) is 2.74. The molecule has 22 heavy (non-hydrogen) atoms. The molecule has 2 saturated carbocycles. The van der Waals surface area contributed by atoms with Gasteiger partial charge in [-0.25, -0.2) is 0 Å². The van der Waals surface area contributed by atoms with Crippen LogP contribution in [0.25, 0.3) is 0 Å². The number of piperidine rings is 1. The highest BCUT2D eigenvalue weighted by Crippen LogP contribution is 2.34. The number of aliphatic hydroxyl groups excluding tert-OH is 1. The Labute approximate surface area is 136 Å². The highest BCUT2D eigenvalue weighted by atomic mass is 16.3. The van der Waals surface area contributed by atoms with Crippen molar-refractivity contribution < 1.29 is 5.11 Å². The van der Waals surface area contributed by atoms with Crippen LogP contribution < -0.4 is 5.32 Å². The molecule has 3 nitrogen and oxygen atoms in total. The number of likely N-dealkylation sites (tertiary alicyclic amines) is 1. The molecule has 1 saturated heterocycles. The van der Waals surface area contributed by atoms with Crippen molar-refractivity contribution in [2.24, 2.45) is 17.8 Å². The van der Waals surface area contributed by atoms with E-state index in [2.05, 4.69) is 17.1 Å². The fraction of sp³-hybridized carbons (Fsp3) is 1.00. The van der Waals surface area contributed by atoms with Crippen LogP contribution in [0.3, 0.4) is 0 Å². The lowest BCUT2D eigenvalue weighted by Crippen LogP contribution is -2.54. The normalized spacial score (nSPS) is 33.0. The number of hydrogen-bond acceptors (Lipinski definition) is 3. The van der Waals surface area contributed by atoms with Gasteiger partial charge in [-0.2, -0.15) is 0 Å². The standard InChI is InChI=1S/C19H36N2O/c1-15(18-7-4-8-18)21-13-17(9-10-22)11-19(14-21)20-12-16-5-2-3-6-16/h15-20,22H,2-14H2,1H3. The molecule has 0 radical (unpaired) electrons. The summed E-state index contributed by atoms with van der Waals surface area (Å²) < 4.78 is 0. The van der Waals surface area contributed by atoms with Crippen LogP contribution in [0, 0.1) is 17.8 Å². The fourth-order valence-corrected chi connectivity index (χ4v) is 4.88. The van der Waals surface area contributed by atoms with Gasteiger partial charge in [0.2, 0.25) is 0 Å². The minimum Gasteiger partial charge on any atom is -0.396 e. The van der Waals surface area contributed by atoms with Crippen LogP contribution in [-0.4, -0.2) is 48.3 Å². The third-order valence-electron chi connectivity index (χ3n) is 6.68. The van der Waals surface area contributed by atoms with E-state index in [0.29, 0.717) is 18.6 Å². The molecule has 0 aromatic rings. The van der Waals surface area contributed by atoms with Crippen molar-refractivity contribution >= 4 is 0 Å². The van der Waals surface area contributed by atoms with Gasteiger partial charge < -0.3 is 10.4 Å². The first-order valence-electron chi connectivity index (χ1n) is 9.84. The van der Waals surface area contributed by atoms with Crippen LogP contribution in [0.1, 0.15) is 64.7 Å². The summed E-state index contributed by atoms with van der Waals surface area (Å²) in [7, 11) is 0. The van der Waals surface area contributed by atoms with Gasteiger partial charge in [0.1, 0.15) is 0 Å². The first-order chi connectivity index (χ1) is 10.8. The molecule has 3 heteroatoms. The van der Waals surface area contributed by atoms with Crippen molar-refractivity contribution in [1.82, 2.24) is 10.2 Å². The van der Waals surface area contributed by atoms with Gasteiger partial charge in [0.25, 0.3) is 0 Å². The zero-order valence-electron chi connectivity index (χ0n) is 14.5. The molecule has 3 aliphatic rings. The number of hydrogen-bond donors (Lipinski definition) is 2. The molecule has 3 fully saturated rings.